The Morgan fingerprint density at radius 2 is 2.00 bits per heavy atom. The van der Waals surface area contributed by atoms with Gasteiger partial charge in [0.1, 0.15) is 0 Å². The fourth-order valence-corrected chi connectivity index (χ4v) is 2.83. The van der Waals surface area contributed by atoms with Crippen LogP contribution in [0, 0.1) is 18.8 Å². The second kappa shape index (κ2) is 6.10. The first kappa shape index (κ1) is 13.2. The van der Waals surface area contributed by atoms with E-state index in [2.05, 4.69) is 11.4 Å². The van der Waals surface area contributed by atoms with Crippen LogP contribution < -0.4 is 11.1 Å². The molecule has 1 aliphatic carbocycles. The predicted molar refractivity (Wildman–Crippen MR) is 76.6 cm³/mol. The number of rotatable bonds is 4. The summed E-state index contributed by atoms with van der Waals surface area (Å²) in [6.45, 7) is 3.30. The van der Waals surface area contributed by atoms with Crippen molar-refractivity contribution in [3.8, 4) is 0 Å². The van der Waals surface area contributed by atoms with Crippen molar-refractivity contribution in [3.05, 3.63) is 23.8 Å². The Bertz CT molecular complexity index is 392. The standard InChI is InChI=1S/C15H24N2O/c1-11-8-14(6-7-15(11)16)17-9-12-4-2-3-5-13(12)10-18/h6-8,12-13,17-18H,2-5,9-10,16H2,1H3. The molecule has 18 heavy (non-hydrogen) atoms. The zero-order valence-corrected chi connectivity index (χ0v) is 11.2. The van der Waals surface area contributed by atoms with Crippen LogP contribution in [0.4, 0.5) is 11.4 Å². The molecule has 0 radical (unpaired) electrons. The van der Waals surface area contributed by atoms with Gasteiger partial charge in [-0.2, -0.15) is 0 Å². The third-order valence-electron chi connectivity index (χ3n) is 4.14. The summed E-state index contributed by atoms with van der Waals surface area (Å²) >= 11 is 0. The lowest BCUT2D eigenvalue weighted by Gasteiger charge is -2.30. The molecule has 1 aromatic carbocycles. The third-order valence-corrected chi connectivity index (χ3v) is 4.14. The number of nitrogens with one attached hydrogen (secondary N) is 1. The molecule has 3 heteroatoms. The molecule has 1 saturated carbocycles. The Labute approximate surface area is 109 Å². The van der Waals surface area contributed by atoms with Gasteiger partial charge in [0.05, 0.1) is 0 Å². The molecule has 0 saturated heterocycles. The predicted octanol–water partition coefficient (Wildman–Crippen LogP) is 2.79. The number of nitrogens with two attached hydrogens (primary N) is 1. The molecule has 2 rings (SSSR count). The summed E-state index contributed by atoms with van der Waals surface area (Å²) in [5, 5.41) is 12.9. The van der Waals surface area contributed by atoms with Gasteiger partial charge in [-0.15, -0.1) is 0 Å². The number of aryl methyl sites for hydroxylation is 1. The zero-order chi connectivity index (χ0) is 13.0. The van der Waals surface area contributed by atoms with E-state index in [9.17, 15) is 5.11 Å². The second-order valence-electron chi connectivity index (χ2n) is 5.44. The molecule has 0 heterocycles. The van der Waals surface area contributed by atoms with Gasteiger partial charge in [-0.3, -0.25) is 0 Å². The van der Waals surface area contributed by atoms with E-state index in [4.69, 9.17) is 5.73 Å². The fraction of sp³-hybridized carbons (Fsp3) is 0.600. The van der Waals surface area contributed by atoms with Crippen LogP contribution >= 0.6 is 0 Å². The van der Waals surface area contributed by atoms with E-state index < -0.39 is 0 Å². The Kier molecular flexibility index (Phi) is 4.48. The minimum atomic E-state index is 0.327. The zero-order valence-electron chi connectivity index (χ0n) is 11.2. The van der Waals surface area contributed by atoms with Gasteiger partial charge in [0.15, 0.2) is 0 Å². The molecule has 3 nitrogen and oxygen atoms in total. The molecule has 1 aliphatic rings. The molecule has 1 aromatic rings. The van der Waals surface area contributed by atoms with Gasteiger partial charge in [0.25, 0.3) is 0 Å². The van der Waals surface area contributed by atoms with E-state index in [-0.39, 0.29) is 0 Å². The summed E-state index contributed by atoms with van der Waals surface area (Å²) in [5.74, 6) is 1.07. The molecular weight excluding hydrogens is 224 g/mol. The summed E-state index contributed by atoms with van der Waals surface area (Å²) in [7, 11) is 0. The lowest BCUT2D eigenvalue weighted by Crippen LogP contribution is -2.28. The maximum Gasteiger partial charge on any atom is 0.0462 e. The Hall–Kier alpha value is -1.22. The van der Waals surface area contributed by atoms with Crippen molar-refractivity contribution in [2.75, 3.05) is 24.2 Å². The number of hydrogen-bond acceptors (Lipinski definition) is 3. The van der Waals surface area contributed by atoms with Gasteiger partial charge < -0.3 is 16.2 Å². The molecule has 0 aliphatic heterocycles. The largest absolute Gasteiger partial charge is 0.399 e. The van der Waals surface area contributed by atoms with E-state index in [0.717, 1.165) is 23.5 Å². The molecule has 1 fully saturated rings. The first-order valence-corrected chi connectivity index (χ1v) is 6.91. The summed E-state index contributed by atoms with van der Waals surface area (Å²) in [6.07, 6.45) is 4.96. The van der Waals surface area contributed by atoms with Gasteiger partial charge in [-0.25, -0.2) is 0 Å². The fourth-order valence-electron chi connectivity index (χ4n) is 2.83. The highest BCUT2D eigenvalue weighted by atomic mass is 16.3. The van der Waals surface area contributed by atoms with Gasteiger partial charge in [-0.05, 0) is 55.4 Å². The van der Waals surface area contributed by atoms with Crippen LogP contribution in [0.3, 0.4) is 0 Å². The Morgan fingerprint density at radius 1 is 1.28 bits per heavy atom. The molecule has 0 aromatic heterocycles. The van der Waals surface area contributed by atoms with Gasteiger partial charge >= 0.3 is 0 Å². The molecule has 2 unspecified atom stereocenters. The highest BCUT2D eigenvalue weighted by Crippen LogP contribution is 2.30. The maximum atomic E-state index is 9.39. The minimum absolute atomic E-state index is 0.327. The average Bonchev–Trinajstić information content (AvgIpc) is 2.40. The summed E-state index contributed by atoms with van der Waals surface area (Å²) in [5.41, 5.74) is 8.89. The number of nitrogen functional groups attached to an aromatic ring is 1. The maximum absolute atomic E-state index is 9.39. The van der Waals surface area contributed by atoms with Crippen LogP contribution in [0.5, 0.6) is 0 Å². The van der Waals surface area contributed by atoms with Crippen LogP contribution in [0.2, 0.25) is 0 Å². The van der Waals surface area contributed by atoms with Crippen molar-refractivity contribution in [1.82, 2.24) is 0 Å². The van der Waals surface area contributed by atoms with Gasteiger partial charge in [0, 0.05) is 24.5 Å². The van der Waals surface area contributed by atoms with E-state index in [1.165, 1.54) is 25.7 Å². The summed E-state index contributed by atoms with van der Waals surface area (Å²) < 4.78 is 0. The van der Waals surface area contributed by atoms with Crippen LogP contribution in [-0.4, -0.2) is 18.3 Å². The van der Waals surface area contributed by atoms with Crippen molar-refractivity contribution < 1.29 is 5.11 Å². The van der Waals surface area contributed by atoms with E-state index in [1.54, 1.807) is 0 Å². The Balaban J connectivity index is 1.91. The van der Waals surface area contributed by atoms with Crippen LogP contribution in [-0.2, 0) is 0 Å². The highest BCUT2D eigenvalue weighted by molar-refractivity contribution is 5.56. The first-order chi connectivity index (χ1) is 8.70. The van der Waals surface area contributed by atoms with Crippen molar-refractivity contribution >= 4 is 11.4 Å². The van der Waals surface area contributed by atoms with Crippen molar-refractivity contribution in [2.45, 2.75) is 32.6 Å². The highest BCUT2D eigenvalue weighted by Gasteiger charge is 2.23. The normalized spacial score (nSPS) is 23.9. The number of aliphatic hydroxyl groups is 1. The van der Waals surface area contributed by atoms with Crippen LogP contribution in [0.1, 0.15) is 31.2 Å². The van der Waals surface area contributed by atoms with Crippen LogP contribution in [0.15, 0.2) is 18.2 Å². The lowest BCUT2D eigenvalue weighted by atomic mass is 9.79. The van der Waals surface area contributed by atoms with E-state index in [1.807, 2.05) is 19.1 Å². The molecule has 0 amide bonds. The number of anilines is 2. The molecule has 0 spiro atoms. The van der Waals surface area contributed by atoms with E-state index >= 15 is 0 Å². The second-order valence-corrected chi connectivity index (χ2v) is 5.44. The average molecular weight is 248 g/mol. The topological polar surface area (TPSA) is 58.3 Å². The number of benzene rings is 1. The third kappa shape index (κ3) is 3.16. The summed E-state index contributed by atoms with van der Waals surface area (Å²) in [4.78, 5) is 0. The monoisotopic (exact) mass is 248 g/mol. The van der Waals surface area contributed by atoms with Crippen LogP contribution in [0.25, 0.3) is 0 Å². The minimum Gasteiger partial charge on any atom is -0.399 e. The first-order valence-electron chi connectivity index (χ1n) is 6.91. The molecule has 100 valence electrons. The molecule has 0 bridgehead atoms. The quantitative estimate of drug-likeness (QED) is 0.718. The van der Waals surface area contributed by atoms with Crippen molar-refractivity contribution in [2.24, 2.45) is 11.8 Å². The van der Waals surface area contributed by atoms with Gasteiger partial charge in [0.2, 0.25) is 0 Å². The Morgan fingerprint density at radius 3 is 2.67 bits per heavy atom. The lowest BCUT2D eigenvalue weighted by molar-refractivity contribution is 0.141. The molecule has 4 N–H and O–H groups in total. The van der Waals surface area contributed by atoms with Crippen molar-refractivity contribution in [3.63, 3.8) is 0 Å². The summed E-state index contributed by atoms with van der Waals surface area (Å²) in [6, 6.07) is 6.06. The molecular formula is C15H24N2O. The smallest absolute Gasteiger partial charge is 0.0462 e. The van der Waals surface area contributed by atoms with E-state index in [0.29, 0.717) is 18.4 Å². The molecule has 2 atom stereocenters. The number of aliphatic hydroxyl groups excluding tert-OH is 1. The van der Waals surface area contributed by atoms with Gasteiger partial charge in [-0.1, -0.05) is 12.8 Å². The SMILES string of the molecule is Cc1cc(NCC2CCCCC2CO)ccc1N. The number of hydrogen-bond donors (Lipinski definition) is 3. The van der Waals surface area contributed by atoms with Crippen molar-refractivity contribution in [1.29, 1.82) is 0 Å².